The number of aromatic nitrogens is 2. The summed E-state index contributed by atoms with van der Waals surface area (Å²) in [6, 6.07) is 13.5. The normalized spacial score (nSPS) is 12.5. The van der Waals surface area contributed by atoms with Gasteiger partial charge in [-0.25, -0.2) is 18.2 Å². The summed E-state index contributed by atoms with van der Waals surface area (Å²) in [7, 11) is 0. The van der Waals surface area contributed by atoms with Crippen LogP contribution in [0.3, 0.4) is 0 Å². The molecule has 0 bridgehead atoms. The van der Waals surface area contributed by atoms with Crippen LogP contribution < -0.4 is 10.1 Å². The zero-order valence-corrected chi connectivity index (χ0v) is 22.3. The van der Waals surface area contributed by atoms with Gasteiger partial charge in [-0.15, -0.1) is 0 Å². The zero-order valence-electron chi connectivity index (χ0n) is 21.5. The molecule has 38 heavy (non-hydrogen) atoms. The molecule has 0 saturated heterocycles. The molecule has 0 saturated carbocycles. The molecule has 1 N–H and O–H groups in total. The largest absolute Gasteiger partial charge is 0.611 e. The molecular formula is C28H28F3N3O3S. The van der Waals surface area contributed by atoms with Gasteiger partial charge in [0.25, 0.3) is 0 Å². The number of aryl methyl sites for hydroxylation is 1. The Hall–Kier alpha value is -3.50. The van der Waals surface area contributed by atoms with Gasteiger partial charge in [-0.05, 0) is 74.8 Å². The Balaban J connectivity index is 1.55. The molecular weight excluding hydrogens is 515 g/mol. The number of rotatable bonds is 9. The topological polar surface area (TPSA) is 79.2 Å². The van der Waals surface area contributed by atoms with Crippen LogP contribution in [0, 0.1) is 17.5 Å². The molecule has 0 aliphatic heterocycles. The Morgan fingerprint density at radius 1 is 1.05 bits per heavy atom. The van der Waals surface area contributed by atoms with Crippen molar-refractivity contribution in [1.29, 1.82) is 0 Å². The Morgan fingerprint density at radius 2 is 1.71 bits per heavy atom. The first kappa shape index (κ1) is 27.5. The van der Waals surface area contributed by atoms with E-state index in [2.05, 4.69) is 10.3 Å². The van der Waals surface area contributed by atoms with Gasteiger partial charge in [-0.1, -0.05) is 12.1 Å². The second-order valence-electron chi connectivity index (χ2n) is 9.20. The first-order valence-corrected chi connectivity index (χ1v) is 13.5. The molecule has 10 heteroatoms. The van der Waals surface area contributed by atoms with Crippen molar-refractivity contribution in [3.63, 3.8) is 0 Å². The van der Waals surface area contributed by atoms with Gasteiger partial charge in [0.05, 0.1) is 17.5 Å². The second kappa shape index (κ2) is 11.1. The van der Waals surface area contributed by atoms with Gasteiger partial charge < -0.3 is 19.2 Å². The van der Waals surface area contributed by atoms with Crippen molar-refractivity contribution in [3.05, 3.63) is 83.4 Å². The van der Waals surface area contributed by atoms with E-state index in [4.69, 9.17) is 4.74 Å². The first-order chi connectivity index (χ1) is 18.0. The highest BCUT2D eigenvalue weighted by Crippen LogP contribution is 2.34. The van der Waals surface area contributed by atoms with Crippen LogP contribution in [0.25, 0.3) is 11.0 Å². The minimum Gasteiger partial charge on any atom is -0.611 e. The van der Waals surface area contributed by atoms with Crippen LogP contribution in [0.5, 0.6) is 5.75 Å². The molecule has 6 nitrogen and oxygen atoms in total. The van der Waals surface area contributed by atoms with Crippen molar-refractivity contribution < 1.29 is 27.3 Å². The Bertz CT molecular complexity index is 1450. The summed E-state index contributed by atoms with van der Waals surface area (Å²) in [6.45, 7) is 7.48. The summed E-state index contributed by atoms with van der Waals surface area (Å²) in [4.78, 5) is 18.0. The number of fused-ring (bicyclic) bond motifs is 1. The molecule has 0 aliphatic rings. The van der Waals surface area contributed by atoms with Crippen molar-refractivity contribution in [2.24, 2.45) is 0 Å². The third-order valence-electron chi connectivity index (χ3n) is 6.02. The summed E-state index contributed by atoms with van der Waals surface area (Å²) in [5.74, 6) is -3.30. The molecule has 0 radical (unpaired) electrons. The summed E-state index contributed by atoms with van der Waals surface area (Å²) in [5, 5.41) is 2.86. The lowest BCUT2D eigenvalue weighted by Gasteiger charge is -2.27. The smallest absolute Gasteiger partial charge is 0.228 e. The van der Waals surface area contributed by atoms with Crippen LogP contribution in [0.1, 0.15) is 39.1 Å². The van der Waals surface area contributed by atoms with E-state index in [-0.39, 0.29) is 12.3 Å². The predicted molar refractivity (Wildman–Crippen MR) is 141 cm³/mol. The third-order valence-corrected chi connectivity index (χ3v) is 7.34. The van der Waals surface area contributed by atoms with Crippen LogP contribution >= 0.6 is 0 Å². The Labute approximate surface area is 222 Å². The number of anilines is 1. The Kier molecular flexibility index (Phi) is 8.03. The maximum Gasteiger partial charge on any atom is 0.228 e. The molecule has 4 aromatic rings. The lowest BCUT2D eigenvalue weighted by atomic mass is 10.1. The number of hydrogen-bond donors (Lipinski definition) is 1. The van der Waals surface area contributed by atoms with Gasteiger partial charge in [0, 0.05) is 24.4 Å². The number of ether oxygens (including phenoxy) is 1. The summed E-state index contributed by atoms with van der Waals surface area (Å²) in [6.07, 6.45) is 0.140. The molecule has 1 unspecified atom stereocenters. The van der Waals surface area contributed by atoms with Crippen LogP contribution in [0.2, 0.25) is 0 Å². The number of halogens is 3. The average Bonchev–Trinajstić information content (AvgIpc) is 3.25. The van der Waals surface area contributed by atoms with Crippen molar-refractivity contribution in [2.75, 3.05) is 11.1 Å². The SMILES string of the molecule is CCn1c(C(C)(C)Oc2c(F)cc(F)cc2F)nc2cc(NC(=O)Cc3ccc([S+]([O-])CC)cc3)ccc21. The predicted octanol–water partition coefficient (Wildman–Crippen LogP) is 6.10. The summed E-state index contributed by atoms with van der Waals surface area (Å²) in [5.41, 5.74) is 1.36. The molecule has 1 amide bonds. The standard InChI is InChI=1S/C28H28F3N3O3S/c1-5-34-24-12-9-19(32-25(35)13-17-7-10-20(11-8-17)38(36)6-2)16-23(24)33-27(34)28(3,4)37-26-21(30)14-18(29)15-22(26)31/h7-12,14-16H,5-6,13H2,1-4H3,(H,32,35). The van der Waals surface area contributed by atoms with Crippen molar-refractivity contribution >= 4 is 33.8 Å². The number of benzene rings is 3. The third kappa shape index (κ3) is 5.81. The lowest BCUT2D eigenvalue weighted by Crippen LogP contribution is -2.30. The van der Waals surface area contributed by atoms with E-state index >= 15 is 0 Å². The van der Waals surface area contributed by atoms with E-state index < -0.39 is 40.0 Å². The highest BCUT2D eigenvalue weighted by molar-refractivity contribution is 7.91. The maximum atomic E-state index is 14.3. The number of carbonyl (C=O) groups is 1. The second-order valence-corrected chi connectivity index (χ2v) is 10.9. The molecule has 0 aliphatic carbocycles. The van der Waals surface area contributed by atoms with Crippen molar-refractivity contribution in [1.82, 2.24) is 9.55 Å². The van der Waals surface area contributed by atoms with Gasteiger partial charge in [0.2, 0.25) is 5.91 Å². The zero-order chi connectivity index (χ0) is 27.6. The lowest BCUT2D eigenvalue weighted by molar-refractivity contribution is -0.115. The molecule has 1 aromatic heterocycles. The van der Waals surface area contributed by atoms with Gasteiger partial charge in [0.15, 0.2) is 33.7 Å². The van der Waals surface area contributed by atoms with Crippen LogP contribution in [-0.2, 0) is 34.5 Å². The molecule has 0 fully saturated rings. The van der Waals surface area contributed by atoms with Gasteiger partial charge in [-0.3, -0.25) is 4.79 Å². The van der Waals surface area contributed by atoms with Crippen molar-refractivity contribution in [3.8, 4) is 5.75 Å². The van der Waals surface area contributed by atoms with Gasteiger partial charge in [-0.2, -0.15) is 0 Å². The summed E-state index contributed by atoms with van der Waals surface area (Å²) < 4.78 is 61.3. The fourth-order valence-electron chi connectivity index (χ4n) is 4.23. The van der Waals surface area contributed by atoms with Gasteiger partial charge >= 0.3 is 0 Å². The summed E-state index contributed by atoms with van der Waals surface area (Å²) >= 11 is -1.05. The van der Waals surface area contributed by atoms with E-state index in [0.29, 0.717) is 41.5 Å². The fraction of sp³-hybridized carbons (Fsp3) is 0.286. The van der Waals surface area contributed by atoms with Crippen molar-refractivity contribution in [2.45, 2.75) is 51.2 Å². The number of carbonyl (C=O) groups excluding carboxylic acids is 1. The van der Waals surface area contributed by atoms with E-state index in [1.54, 1.807) is 56.3 Å². The van der Waals surface area contributed by atoms with Crippen LogP contribution in [-0.4, -0.2) is 25.8 Å². The molecule has 3 aromatic carbocycles. The van der Waals surface area contributed by atoms with E-state index in [1.807, 2.05) is 18.4 Å². The number of imidazole rings is 1. The monoisotopic (exact) mass is 543 g/mol. The quantitative estimate of drug-likeness (QED) is 0.259. The van der Waals surface area contributed by atoms with E-state index in [9.17, 15) is 22.5 Å². The fourth-order valence-corrected chi connectivity index (χ4v) is 5.00. The molecule has 4 rings (SSSR count). The number of nitrogens with one attached hydrogen (secondary N) is 1. The van der Waals surface area contributed by atoms with Crippen LogP contribution in [0.4, 0.5) is 18.9 Å². The number of amides is 1. The minimum absolute atomic E-state index is 0.140. The number of hydrogen-bond acceptors (Lipinski definition) is 4. The highest BCUT2D eigenvalue weighted by Gasteiger charge is 2.32. The van der Waals surface area contributed by atoms with Gasteiger partial charge in [0.1, 0.15) is 11.6 Å². The maximum absolute atomic E-state index is 14.3. The minimum atomic E-state index is -1.27. The molecule has 200 valence electrons. The number of nitrogens with zero attached hydrogens (tertiary/aromatic N) is 2. The van der Waals surface area contributed by atoms with E-state index in [1.165, 1.54) is 0 Å². The van der Waals surface area contributed by atoms with E-state index in [0.717, 1.165) is 16.0 Å². The molecule has 0 spiro atoms. The van der Waals surface area contributed by atoms with Crippen LogP contribution in [0.15, 0.2) is 59.5 Å². The highest BCUT2D eigenvalue weighted by atomic mass is 32.2. The molecule has 1 atom stereocenters. The first-order valence-electron chi connectivity index (χ1n) is 12.1. The Morgan fingerprint density at radius 3 is 2.32 bits per heavy atom. The average molecular weight is 544 g/mol. The molecule has 1 heterocycles.